The first-order chi connectivity index (χ1) is 6.74. The number of amides is 1. The van der Waals surface area contributed by atoms with Crippen LogP contribution in [0.15, 0.2) is 0 Å². The van der Waals surface area contributed by atoms with Gasteiger partial charge in [-0.25, -0.2) is 0 Å². The Morgan fingerprint density at radius 1 is 1.57 bits per heavy atom. The summed E-state index contributed by atoms with van der Waals surface area (Å²) in [5.41, 5.74) is 0. The van der Waals surface area contributed by atoms with Gasteiger partial charge in [0.1, 0.15) is 12.4 Å². The molecule has 1 rings (SSSR count). The van der Waals surface area contributed by atoms with Crippen LogP contribution in [0.5, 0.6) is 0 Å². The molecule has 0 saturated carbocycles. The lowest BCUT2D eigenvalue weighted by Gasteiger charge is -2.26. The second-order valence-corrected chi connectivity index (χ2v) is 3.43. The highest BCUT2D eigenvalue weighted by Crippen LogP contribution is 2.02. The normalized spacial score (nSPS) is 17.2. The molecule has 80 valence electrons. The fourth-order valence-corrected chi connectivity index (χ4v) is 1.43. The number of hydrogen-bond acceptors (Lipinski definition) is 3. The zero-order valence-electron chi connectivity index (χ0n) is 8.62. The monoisotopic (exact) mass is 199 g/mol. The Bertz CT molecular complexity index is 215. The molecule has 1 heterocycles. The maximum atomic E-state index is 11.3. The van der Waals surface area contributed by atoms with Gasteiger partial charge in [0, 0.05) is 25.9 Å². The van der Waals surface area contributed by atoms with E-state index in [1.54, 1.807) is 4.90 Å². The van der Waals surface area contributed by atoms with Gasteiger partial charge >= 0.3 is 0 Å². The number of ether oxygens (including phenoxy) is 1. The third-order valence-electron chi connectivity index (χ3n) is 2.36. The molecule has 14 heavy (non-hydrogen) atoms. The van der Waals surface area contributed by atoms with E-state index in [0.717, 1.165) is 6.42 Å². The van der Waals surface area contributed by atoms with E-state index < -0.39 is 0 Å². The van der Waals surface area contributed by atoms with E-state index in [-0.39, 0.29) is 18.3 Å². The molecule has 1 amide bonds. The molecular weight excluding hydrogens is 182 g/mol. The third kappa shape index (κ3) is 3.46. The number of carbonyl (C=O) groups is 2. The Labute approximate surface area is 84.2 Å². The van der Waals surface area contributed by atoms with E-state index in [4.69, 9.17) is 4.74 Å². The van der Waals surface area contributed by atoms with Gasteiger partial charge in [-0.15, -0.1) is 0 Å². The number of Topliss-reactive ketones (excluding diaryl/α,β-unsaturated/α-hetero) is 1. The molecule has 0 radical (unpaired) electrons. The molecule has 0 aromatic rings. The van der Waals surface area contributed by atoms with Gasteiger partial charge in [-0.2, -0.15) is 0 Å². The predicted octanol–water partition coefficient (Wildman–Crippen LogP) is 0.605. The van der Waals surface area contributed by atoms with Crippen molar-refractivity contribution < 1.29 is 14.3 Å². The molecule has 0 atom stereocenters. The molecule has 0 aliphatic carbocycles. The topological polar surface area (TPSA) is 46.6 Å². The summed E-state index contributed by atoms with van der Waals surface area (Å²) in [4.78, 5) is 24.0. The van der Waals surface area contributed by atoms with Gasteiger partial charge in [0.15, 0.2) is 0 Å². The smallest absolute Gasteiger partial charge is 0.248 e. The van der Waals surface area contributed by atoms with E-state index in [2.05, 4.69) is 0 Å². The minimum absolute atomic E-state index is 0.0418. The van der Waals surface area contributed by atoms with Gasteiger partial charge in [0.25, 0.3) is 0 Å². The number of carbonyl (C=O) groups excluding carboxylic acids is 2. The molecule has 1 fully saturated rings. The van der Waals surface area contributed by atoms with Crippen LogP contribution in [0, 0.1) is 0 Å². The van der Waals surface area contributed by atoms with Crippen LogP contribution in [-0.4, -0.2) is 42.9 Å². The van der Waals surface area contributed by atoms with Gasteiger partial charge in [0.05, 0.1) is 6.61 Å². The Morgan fingerprint density at radius 3 is 3.00 bits per heavy atom. The first-order valence-electron chi connectivity index (χ1n) is 5.11. The number of ketones is 1. The van der Waals surface area contributed by atoms with Crippen molar-refractivity contribution in [1.29, 1.82) is 0 Å². The van der Waals surface area contributed by atoms with Gasteiger partial charge in [-0.05, 0) is 6.42 Å². The van der Waals surface area contributed by atoms with Crippen molar-refractivity contribution in [3.8, 4) is 0 Å². The molecule has 0 aromatic carbocycles. The Kier molecular flexibility index (Phi) is 4.59. The van der Waals surface area contributed by atoms with E-state index in [1.807, 2.05) is 6.92 Å². The van der Waals surface area contributed by atoms with E-state index in [0.29, 0.717) is 32.5 Å². The van der Waals surface area contributed by atoms with Gasteiger partial charge in [-0.1, -0.05) is 6.92 Å². The van der Waals surface area contributed by atoms with Crippen LogP contribution in [0.2, 0.25) is 0 Å². The minimum atomic E-state index is 0.0418. The summed E-state index contributed by atoms with van der Waals surface area (Å²) in [5.74, 6) is 0.311. The van der Waals surface area contributed by atoms with Crippen LogP contribution in [0.1, 0.15) is 26.2 Å². The van der Waals surface area contributed by atoms with Crippen molar-refractivity contribution in [2.24, 2.45) is 0 Å². The van der Waals surface area contributed by atoms with E-state index >= 15 is 0 Å². The van der Waals surface area contributed by atoms with Crippen molar-refractivity contribution in [2.75, 3.05) is 26.3 Å². The summed E-state index contributed by atoms with van der Waals surface area (Å²) in [5, 5.41) is 0. The molecule has 0 bridgehead atoms. The van der Waals surface area contributed by atoms with Gasteiger partial charge in [-0.3, -0.25) is 9.59 Å². The maximum Gasteiger partial charge on any atom is 0.248 e. The average Bonchev–Trinajstić information content (AvgIpc) is 2.20. The molecule has 0 unspecified atom stereocenters. The van der Waals surface area contributed by atoms with Crippen molar-refractivity contribution in [3.63, 3.8) is 0 Å². The first kappa shape index (κ1) is 11.2. The lowest BCUT2D eigenvalue weighted by atomic mass is 10.2. The van der Waals surface area contributed by atoms with Crippen LogP contribution in [0.4, 0.5) is 0 Å². The van der Waals surface area contributed by atoms with Crippen LogP contribution >= 0.6 is 0 Å². The molecule has 4 heteroatoms. The van der Waals surface area contributed by atoms with Crippen molar-refractivity contribution in [1.82, 2.24) is 4.90 Å². The van der Waals surface area contributed by atoms with Crippen LogP contribution in [-0.2, 0) is 14.3 Å². The van der Waals surface area contributed by atoms with Crippen LogP contribution in [0.3, 0.4) is 0 Å². The van der Waals surface area contributed by atoms with Crippen molar-refractivity contribution in [2.45, 2.75) is 26.2 Å². The second kappa shape index (κ2) is 5.75. The first-order valence-corrected chi connectivity index (χ1v) is 5.11. The molecule has 0 N–H and O–H groups in total. The summed E-state index contributed by atoms with van der Waals surface area (Å²) < 4.78 is 5.00. The average molecular weight is 199 g/mol. The van der Waals surface area contributed by atoms with Crippen LogP contribution < -0.4 is 0 Å². The van der Waals surface area contributed by atoms with Crippen molar-refractivity contribution >= 4 is 11.7 Å². The van der Waals surface area contributed by atoms with Crippen molar-refractivity contribution in [3.05, 3.63) is 0 Å². The summed E-state index contributed by atoms with van der Waals surface area (Å²) in [7, 11) is 0. The standard InChI is InChI=1S/C10H17NO3/c1-2-9(12)4-3-5-11-6-7-14-8-10(11)13/h2-8H2,1H3. The summed E-state index contributed by atoms with van der Waals surface area (Å²) in [6.07, 6.45) is 1.95. The van der Waals surface area contributed by atoms with Gasteiger partial charge < -0.3 is 9.64 Å². The molecular formula is C10H17NO3. The Hall–Kier alpha value is -0.900. The SMILES string of the molecule is CCC(=O)CCCN1CCOCC1=O. The molecule has 1 aliphatic rings. The van der Waals surface area contributed by atoms with E-state index in [9.17, 15) is 9.59 Å². The highest BCUT2D eigenvalue weighted by atomic mass is 16.5. The quantitative estimate of drug-likeness (QED) is 0.651. The van der Waals surface area contributed by atoms with Crippen LogP contribution in [0.25, 0.3) is 0 Å². The highest BCUT2D eigenvalue weighted by molar-refractivity contribution is 5.79. The largest absolute Gasteiger partial charge is 0.370 e. The Balaban J connectivity index is 2.16. The summed E-state index contributed by atoms with van der Waals surface area (Å²) in [6, 6.07) is 0. The number of rotatable bonds is 5. The zero-order valence-corrected chi connectivity index (χ0v) is 8.62. The molecule has 4 nitrogen and oxygen atoms in total. The third-order valence-corrected chi connectivity index (χ3v) is 2.36. The molecule has 1 aliphatic heterocycles. The predicted molar refractivity (Wildman–Crippen MR) is 51.9 cm³/mol. The Morgan fingerprint density at radius 2 is 2.36 bits per heavy atom. The fourth-order valence-electron chi connectivity index (χ4n) is 1.43. The number of nitrogens with zero attached hydrogens (tertiary/aromatic N) is 1. The lowest BCUT2D eigenvalue weighted by molar-refractivity contribution is -0.142. The summed E-state index contributed by atoms with van der Waals surface area (Å²) >= 11 is 0. The molecule has 0 spiro atoms. The molecule has 1 saturated heterocycles. The number of morpholine rings is 1. The minimum Gasteiger partial charge on any atom is -0.370 e. The molecule has 0 aromatic heterocycles. The second-order valence-electron chi connectivity index (χ2n) is 3.43. The fraction of sp³-hybridized carbons (Fsp3) is 0.800. The summed E-state index contributed by atoms with van der Waals surface area (Å²) in [6.45, 7) is 4.03. The zero-order chi connectivity index (χ0) is 10.4. The van der Waals surface area contributed by atoms with E-state index in [1.165, 1.54) is 0 Å². The number of hydrogen-bond donors (Lipinski definition) is 0. The lowest BCUT2D eigenvalue weighted by Crippen LogP contribution is -2.42. The highest BCUT2D eigenvalue weighted by Gasteiger charge is 2.17. The van der Waals surface area contributed by atoms with Gasteiger partial charge in [0.2, 0.25) is 5.91 Å². The maximum absolute atomic E-state index is 11.3.